The Labute approximate surface area is 85.9 Å². The van der Waals surface area contributed by atoms with Crippen molar-refractivity contribution in [2.75, 3.05) is 0 Å². The quantitative estimate of drug-likeness (QED) is 0.640. The fraction of sp³-hybridized carbons (Fsp3) is 0.500. The predicted molar refractivity (Wildman–Crippen MR) is 59.3 cm³/mol. The summed E-state index contributed by atoms with van der Waals surface area (Å²) in [5, 5.41) is 0.224. The van der Waals surface area contributed by atoms with E-state index in [9.17, 15) is 0 Å². The van der Waals surface area contributed by atoms with E-state index in [0.29, 0.717) is 11.8 Å². The monoisotopic (exact) mass is 196 g/mol. The first-order valence-corrected chi connectivity index (χ1v) is 5.25. The molecule has 1 heteroatoms. The normalized spacial score (nSPS) is 15.8. The van der Waals surface area contributed by atoms with Crippen molar-refractivity contribution in [3.63, 3.8) is 0 Å². The molecule has 1 aromatic carbocycles. The Kier molecular flexibility index (Phi) is 3.80. The lowest BCUT2D eigenvalue weighted by Crippen LogP contribution is -2.15. The average molecular weight is 197 g/mol. The predicted octanol–water partition coefficient (Wildman–Crippen LogP) is 4.05. The second-order valence-corrected chi connectivity index (χ2v) is 4.39. The highest BCUT2D eigenvalue weighted by Gasteiger charge is 2.18. The van der Waals surface area contributed by atoms with Crippen LogP contribution in [0.4, 0.5) is 0 Å². The van der Waals surface area contributed by atoms with Crippen LogP contribution in [0.2, 0.25) is 0 Å². The Morgan fingerprint density at radius 2 is 1.54 bits per heavy atom. The molecule has 0 N–H and O–H groups in total. The molecule has 0 spiro atoms. The molecule has 1 rings (SSSR count). The summed E-state index contributed by atoms with van der Waals surface area (Å²) in [5.74, 6) is 0.958. The average Bonchev–Trinajstić information content (AvgIpc) is 2.17. The molecule has 0 saturated heterocycles. The summed E-state index contributed by atoms with van der Waals surface area (Å²) in [6, 6.07) is 10.4. The zero-order chi connectivity index (χ0) is 9.84. The SMILES string of the molecule is CC(C)C(Cl)C(C)c1ccccc1. The maximum absolute atomic E-state index is 6.30. The summed E-state index contributed by atoms with van der Waals surface area (Å²) in [7, 11) is 0. The van der Waals surface area contributed by atoms with Gasteiger partial charge in [0.05, 0.1) is 0 Å². The first-order valence-electron chi connectivity index (χ1n) is 4.82. The zero-order valence-electron chi connectivity index (χ0n) is 8.50. The van der Waals surface area contributed by atoms with Crippen molar-refractivity contribution in [2.24, 2.45) is 5.92 Å². The second-order valence-electron chi connectivity index (χ2n) is 3.89. The maximum Gasteiger partial charge on any atom is 0.0424 e. The van der Waals surface area contributed by atoms with E-state index in [2.05, 4.69) is 45.0 Å². The molecule has 0 nitrogen and oxygen atoms in total. The topological polar surface area (TPSA) is 0 Å². The molecule has 2 atom stereocenters. The molecule has 72 valence electrons. The van der Waals surface area contributed by atoms with Crippen molar-refractivity contribution >= 4 is 11.6 Å². The van der Waals surface area contributed by atoms with Gasteiger partial charge in [-0.2, -0.15) is 0 Å². The first kappa shape index (κ1) is 10.6. The Balaban J connectivity index is 2.73. The largest absolute Gasteiger partial charge is 0.122 e. The first-order chi connectivity index (χ1) is 6.13. The summed E-state index contributed by atoms with van der Waals surface area (Å²) in [6.45, 7) is 6.52. The highest BCUT2D eigenvalue weighted by Crippen LogP contribution is 2.27. The molecule has 0 bridgehead atoms. The molecule has 0 aromatic heterocycles. The summed E-state index contributed by atoms with van der Waals surface area (Å²) in [6.07, 6.45) is 0. The Morgan fingerprint density at radius 1 is 1.00 bits per heavy atom. The van der Waals surface area contributed by atoms with Crippen molar-refractivity contribution in [1.82, 2.24) is 0 Å². The van der Waals surface area contributed by atoms with E-state index in [-0.39, 0.29) is 5.38 Å². The van der Waals surface area contributed by atoms with Gasteiger partial charge in [-0.25, -0.2) is 0 Å². The lowest BCUT2D eigenvalue weighted by Gasteiger charge is -2.21. The number of hydrogen-bond donors (Lipinski definition) is 0. The van der Waals surface area contributed by atoms with E-state index in [0.717, 1.165) is 0 Å². The summed E-state index contributed by atoms with van der Waals surface area (Å²) in [4.78, 5) is 0. The standard InChI is InChI=1S/C12H17Cl/c1-9(2)12(13)10(3)11-7-5-4-6-8-11/h4-10,12H,1-3H3. The highest BCUT2D eigenvalue weighted by molar-refractivity contribution is 6.21. The third-order valence-corrected chi connectivity index (χ3v) is 3.32. The number of halogens is 1. The van der Waals surface area contributed by atoms with Crippen LogP contribution < -0.4 is 0 Å². The van der Waals surface area contributed by atoms with Crippen LogP contribution in [0.5, 0.6) is 0 Å². The van der Waals surface area contributed by atoms with Crippen LogP contribution in [-0.2, 0) is 0 Å². The zero-order valence-corrected chi connectivity index (χ0v) is 9.25. The third-order valence-electron chi connectivity index (χ3n) is 2.44. The van der Waals surface area contributed by atoms with Crippen molar-refractivity contribution in [1.29, 1.82) is 0 Å². The third kappa shape index (κ3) is 2.73. The molecular formula is C12H17Cl. The summed E-state index contributed by atoms with van der Waals surface area (Å²) < 4.78 is 0. The van der Waals surface area contributed by atoms with E-state index in [1.807, 2.05) is 6.07 Å². The van der Waals surface area contributed by atoms with Gasteiger partial charge in [0.2, 0.25) is 0 Å². The maximum atomic E-state index is 6.30. The van der Waals surface area contributed by atoms with Gasteiger partial charge < -0.3 is 0 Å². The highest BCUT2D eigenvalue weighted by atomic mass is 35.5. The van der Waals surface area contributed by atoms with Crippen molar-refractivity contribution in [2.45, 2.75) is 32.1 Å². The van der Waals surface area contributed by atoms with Crippen LogP contribution in [0.3, 0.4) is 0 Å². The van der Waals surface area contributed by atoms with Gasteiger partial charge in [-0.3, -0.25) is 0 Å². The van der Waals surface area contributed by atoms with Crippen LogP contribution >= 0.6 is 11.6 Å². The minimum Gasteiger partial charge on any atom is -0.122 e. The van der Waals surface area contributed by atoms with Crippen molar-refractivity contribution in [3.05, 3.63) is 35.9 Å². The minimum atomic E-state index is 0.224. The Hall–Kier alpha value is -0.490. The van der Waals surface area contributed by atoms with Crippen LogP contribution in [0.25, 0.3) is 0 Å². The van der Waals surface area contributed by atoms with Gasteiger partial charge in [0.25, 0.3) is 0 Å². The molecule has 0 aliphatic rings. The van der Waals surface area contributed by atoms with E-state index in [1.165, 1.54) is 5.56 Å². The van der Waals surface area contributed by atoms with E-state index in [1.54, 1.807) is 0 Å². The van der Waals surface area contributed by atoms with Gasteiger partial charge in [-0.1, -0.05) is 51.1 Å². The fourth-order valence-corrected chi connectivity index (χ4v) is 1.66. The van der Waals surface area contributed by atoms with Crippen LogP contribution in [0, 0.1) is 5.92 Å². The van der Waals surface area contributed by atoms with Gasteiger partial charge in [0.15, 0.2) is 0 Å². The molecule has 0 fully saturated rings. The number of hydrogen-bond acceptors (Lipinski definition) is 0. The summed E-state index contributed by atoms with van der Waals surface area (Å²) in [5.41, 5.74) is 1.33. The number of alkyl halides is 1. The molecule has 2 unspecified atom stereocenters. The van der Waals surface area contributed by atoms with Crippen LogP contribution in [0.1, 0.15) is 32.3 Å². The summed E-state index contributed by atoms with van der Waals surface area (Å²) >= 11 is 6.30. The molecule has 0 radical (unpaired) electrons. The smallest absolute Gasteiger partial charge is 0.0424 e. The minimum absolute atomic E-state index is 0.224. The fourth-order valence-electron chi connectivity index (χ4n) is 1.52. The molecule has 1 aromatic rings. The van der Waals surface area contributed by atoms with Gasteiger partial charge in [-0.05, 0) is 17.4 Å². The van der Waals surface area contributed by atoms with Crippen LogP contribution in [-0.4, -0.2) is 5.38 Å². The Morgan fingerprint density at radius 3 is 2.00 bits per heavy atom. The van der Waals surface area contributed by atoms with E-state index in [4.69, 9.17) is 11.6 Å². The molecule has 0 aliphatic carbocycles. The molecular weight excluding hydrogens is 180 g/mol. The van der Waals surface area contributed by atoms with E-state index >= 15 is 0 Å². The molecule has 13 heavy (non-hydrogen) atoms. The van der Waals surface area contributed by atoms with Gasteiger partial charge >= 0.3 is 0 Å². The Bertz CT molecular complexity index is 241. The van der Waals surface area contributed by atoms with Gasteiger partial charge in [0, 0.05) is 5.38 Å². The number of rotatable bonds is 3. The van der Waals surface area contributed by atoms with Gasteiger partial charge in [-0.15, -0.1) is 11.6 Å². The van der Waals surface area contributed by atoms with Crippen molar-refractivity contribution < 1.29 is 0 Å². The lowest BCUT2D eigenvalue weighted by molar-refractivity contribution is 0.534. The number of benzene rings is 1. The van der Waals surface area contributed by atoms with Gasteiger partial charge in [0.1, 0.15) is 0 Å². The molecule has 0 saturated carbocycles. The van der Waals surface area contributed by atoms with Crippen LogP contribution in [0.15, 0.2) is 30.3 Å². The second kappa shape index (κ2) is 4.66. The molecule has 0 amide bonds. The molecule has 0 heterocycles. The van der Waals surface area contributed by atoms with Crippen molar-refractivity contribution in [3.8, 4) is 0 Å². The lowest BCUT2D eigenvalue weighted by atomic mass is 9.91. The van der Waals surface area contributed by atoms with E-state index < -0.39 is 0 Å². The molecule has 0 aliphatic heterocycles.